The first-order valence-corrected chi connectivity index (χ1v) is 9.90. The number of fused-ring (bicyclic) bond motifs is 3. The molecule has 0 unspecified atom stereocenters. The van der Waals surface area contributed by atoms with E-state index in [4.69, 9.17) is 14.6 Å². The van der Waals surface area contributed by atoms with Gasteiger partial charge < -0.3 is 9.47 Å². The summed E-state index contributed by atoms with van der Waals surface area (Å²) in [4.78, 5) is 13.0. The molecular weight excluding hydrogens is 390 g/mol. The summed E-state index contributed by atoms with van der Waals surface area (Å²) >= 11 is 0. The van der Waals surface area contributed by atoms with Gasteiger partial charge >= 0.3 is 0 Å². The van der Waals surface area contributed by atoms with Crippen molar-refractivity contribution < 1.29 is 9.47 Å². The van der Waals surface area contributed by atoms with Crippen LogP contribution >= 0.6 is 0 Å². The molecule has 0 aliphatic rings. The van der Waals surface area contributed by atoms with Crippen LogP contribution < -0.4 is 15.0 Å². The van der Waals surface area contributed by atoms with Gasteiger partial charge in [-0.15, -0.1) is 0 Å². The quantitative estimate of drug-likeness (QED) is 0.436. The van der Waals surface area contributed by atoms with Crippen molar-refractivity contribution in [3.63, 3.8) is 0 Å². The number of nitrogens with zero attached hydrogens (tertiary/aromatic N) is 3. The number of ether oxygens (including phenoxy) is 2. The largest absolute Gasteiger partial charge is 0.497 e. The molecule has 5 aromatic rings. The zero-order chi connectivity index (χ0) is 21.5. The highest BCUT2D eigenvalue weighted by atomic mass is 16.5. The van der Waals surface area contributed by atoms with Crippen molar-refractivity contribution in [2.24, 2.45) is 7.05 Å². The van der Waals surface area contributed by atoms with Crippen LogP contribution in [0.5, 0.6) is 11.5 Å². The van der Waals surface area contributed by atoms with Crippen LogP contribution in [-0.2, 0) is 7.05 Å². The van der Waals surface area contributed by atoms with E-state index in [-0.39, 0.29) is 5.56 Å². The highest BCUT2D eigenvalue weighted by Crippen LogP contribution is 2.28. The minimum atomic E-state index is -0.0547. The number of aryl methyl sites for hydroxylation is 1. The summed E-state index contributed by atoms with van der Waals surface area (Å²) in [5.74, 6) is 1.56. The van der Waals surface area contributed by atoms with Gasteiger partial charge in [0.25, 0.3) is 5.56 Å². The van der Waals surface area contributed by atoms with Crippen LogP contribution in [0.4, 0.5) is 0 Å². The molecule has 0 spiro atoms. The molecule has 0 bridgehead atoms. The first kappa shape index (κ1) is 18.9. The summed E-state index contributed by atoms with van der Waals surface area (Å²) in [6.45, 7) is 0. The third-order valence-corrected chi connectivity index (χ3v) is 5.58. The lowest BCUT2D eigenvalue weighted by atomic mass is 10.0. The molecule has 0 amide bonds. The smallest absolute Gasteiger partial charge is 0.261 e. The van der Waals surface area contributed by atoms with E-state index in [1.807, 2.05) is 77.3 Å². The lowest BCUT2D eigenvalue weighted by Gasteiger charge is -2.09. The van der Waals surface area contributed by atoms with Crippen molar-refractivity contribution in [2.45, 2.75) is 0 Å². The van der Waals surface area contributed by atoms with Crippen molar-refractivity contribution >= 4 is 16.6 Å². The monoisotopic (exact) mass is 411 g/mol. The van der Waals surface area contributed by atoms with Gasteiger partial charge in [0.05, 0.1) is 30.8 Å². The molecule has 2 aromatic heterocycles. The molecule has 2 heterocycles. The zero-order valence-electron chi connectivity index (χ0n) is 17.5. The number of aromatic nitrogens is 3. The van der Waals surface area contributed by atoms with Crippen molar-refractivity contribution in [2.75, 3.05) is 14.2 Å². The van der Waals surface area contributed by atoms with Crippen LogP contribution in [0.15, 0.2) is 77.6 Å². The van der Waals surface area contributed by atoms with E-state index in [1.54, 1.807) is 25.8 Å². The molecular formula is C25H21N3O3. The third kappa shape index (κ3) is 3.13. The third-order valence-electron chi connectivity index (χ3n) is 5.58. The fourth-order valence-electron chi connectivity index (χ4n) is 3.85. The lowest BCUT2D eigenvalue weighted by Crippen LogP contribution is -2.19. The Morgan fingerprint density at radius 2 is 1.52 bits per heavy atom. The van der Waals surface area contributed by atoms with Crippen molar-refractivity contribution in [1.29, 1.82) is 0 Å². The Morgan fingerprint density at radius 1 is 0.774 bits per heavy atom. The minimum absolute atomic E-state index is 0.0547. The molecule has 0 saturated carbocycles. The number of rotatable bonds is 4. The summed E-state index contributed by atoms with van der Waals surface area (Å²) < 4.78 is 14.1. The summed E-state index contributed by atoms with van der Waals surface area (Å²) in [7, 11) is 5.06. The predicted molar refractivity (Wildman–Crippen MR) is 122 cm³/mol. The second-order valence-electron chi connectivity index (χ2n) is 7.36. The first-order valence-electron chi connectivity index (χ1n) is 9.90. The van der Waals surface area contributed by atoms with Gasteiger partial charge in [0, 0.05) is 18.7 Å². The van der Waals surface area contributed by atoms with Crippen molar-refractivity contribution in [3.8, 4) is 33.9 Å². The molecule has 6 heteroatoms. The molecule has 0 atom stereocenters. The van der Waals surface area contributed by atoms with Gasteiger partial charge in [-0.3, -0.25) is 9.36 Å². The maximum absolute atomic E-state index is 13.0. The van der Waals surface area contributed by atoms with Crippen molar-refractivity contribution in [1.82, 2.24) is 14.2 Å². The lowest BCUT2D eigenvalue weighted by molar-refractivity contribution is 0.415. The van der Waals surface area contributed by atoms with Gasteiger partial charge in [0.1, 0.15) is 17.1 Å². The summed E-state index contributed by atoms with van der Waals surface area (Å²) in [5.41, 5.74) is 5.18. The molecule has 0 fully saturated rings. The van der Waals surface area contributed by atoms with Crippen LogP contribution in [0.25, 0.3) is 38.9 Å². The fraction of sp³-hybridized carbons (Fsp3) is 0.120. The second-order valence-corrected chi connectivity index (χ2v) is 7.36. The molecule has 0 saturated heterocycles. The van der Waals surface area contributed by atoms with E-state index < -0.39 is 0 Å². The molecule has 0 N–H and O–H groups in total. The number of methoxy groups -OCH3 is 2. The van der Waals surface area contributed by atoms with E-state index in [9.17, 15) is 4.79 Å². The van der Waals surface area contributed by atoms with Gasteiger partial charge in [0.15, 0.2) is 0 Å². The van der Waals surface area contributed by atoms with Gasteiger partial charge in [-0.1, -0.05) is 30.3 Å². The average Bonchev–Trinajstić information content (AvgIpc) is 3.28. The molecule has 154 valence electrons. The van der Waals surface area contributed by atoms with E-state index in [0.717, 1.165) is 45.0 Å². The van der Waals surface area contributed by atoms with Crippen LogP contribution in [0.1, 0.15) is 0 Å². The molecule has 0 radical (unpaired) electrons. The highest BCUT2D eigenvalue weighted by Gasteiger charge is 2.14. The zero-order valence-corrected chi connectivity index (χ0v) is 17.5. The molecule has 0 aliphatic carbocycles. The van der Waals surface area contributed by atoms with Gasteiger partial charge in [0.2, 0.25) is 0 Å². The summed E-state index contributed by atoms with van der Waals surface area (Å²) in [6, 6.07) is 23.4. The maximum Gasteiger partial charge on any atom is 0.261 e. The number of hydrogen-bond acceptors (Lipinski definition) is 4. The maximum atomic E-state index is 13.0. The Morgan fingerprint density at radius 3 is 2.26 bits per heavy atom. The van der Waals surface area contributed by atoms with Gasteiger partial charge in [-0.2, -0.15) is 5.10 Å². The molecule has 6 nitrogen and oxygen atoms in total. The average molecular weight is 411 g/mol. The SMILES string of the molecule is COc1ccc(-c2ccc3c(=O)n(C)c4cc(-c5cccc(OC)c5)nn4c3c2)cc1. The molecule has 31 heavy (non-hydrogen) atoms. The summed E-state index contributed by atoms with van der Waals surface area (Å²) in [6.07, 6.45) is 0. The van der Waals surface area contributed by atoms with Crippen LogP contribution in [0.2, 0.25) is 0 Å². The number of hydrogen-bond donors (Lipinski definition) is 0. The topological polar surface area (TPSA) is 57.8 Å². The Bertz CT molecular complexity index is 1480. The number of benzene rings is 3. The Kier molecular flexibility index (Phi) is 4.47. The predicted octanol–water partition coefficient (Wildman–Crippen LogP) is 4.54. The second kappa shape index (κ2) is 7.32. The first-order chi connectivity index (χ1) is 15.1. The molecule has 5 rings (SSSR count). The van der Waals surface area contributed by atoms with Crippen LogP contribution in [0, 0.1) is 0 Å². The highest BCUT2D eigenvalue weighted by molar-refractivity contribution is 5.86. The fourth-order valence-corrected chi connectivity index (χ4v) is 3.85. The van der Waals surface area contributed by atoms with Crippen LogP contribution in [0.3, 0.4) is 0 Å². The van der Waals surface area contributed by atoms with E-state index >= 15 is 0 Å². The Labute approximate surface area is 178 Å². The van der Waals surface area contributed by atoms with Crippen molar-refractivity contribution in [3.05, 3.63) is 83.2 Å². The molecule has 3 aromatic carbocycles. The van der Waals surface area contributed by atoms with E-state index in [0.29, 0.717) is 5.39 Å². The van der Waals surface area contributed by atoms with Gasteiger partial charge in [-0.25, -0.2) is 4.52 Å². The molecule has 0 aliphatic heterocycles. The van der Waals surface area contributed by atoms with E-state index in [1.165, 1.54) is 0 Å². The standard InChI is InChI=1S/C25H21N3O3/c1-27-24-15-22(18-5-4-6-20(13-18)31-3)26-28(24)23-14-17(9-12-21(23)25(27)29)16-7-10-19(30-2)11-8-16/h4-15H,1-3H3. The Balaban J connectivity index is 1.74. The summed E-state index contributed by atoms with van der Waals surface area (Å²) in [5, 5.41) is 5.45. The normalized spacial score (nSPS) is 11.2. The van der Waals surface area contributed by atoms with Gasteiger partial charge in [-0.05, 0) is 47.5 Å². The van der Waals surface area contributed by atoms with E-state index in [2.05, 4.69) is 0 Å². The minimum Gasteiger partial charge on any atom is -0.497 e. The van der Waals surface area contributed by atoms with Crippen LogP contribution in [-0.4, -0.2) is 28.4 Å². The Hall–Kier alpha value is -4.06.